The second-order valence-electron chi connectivity index (χ2n) is 7.60. The van der Waals surface area contributed by atoms with Gasteiger partial charge in [0.2, 0.25) is 11.8 Å². The summed E-state index contributed by atoms with van der Waals surface area (Å²) >= 11 is 6.33. The number of halogens is 1. The predicted octanol–water partition coefficient (Wildman–Crippen LogP) is 4.95. The summed E-state index contributed by atoms with van der Waals surface area (Å²) in [5.74, 6) is 0.0906. The molecule has 6 nitrogen and oxygen atoms in total. The molecule has 0 fully saturated rings. The highest BCUT2D eigenvalue weighted by Crippen LogP contribution is 2.32. The zero-order valence-corrected chi connectivity index (χ0v) is 19.2. The molecule has 0 saturated carbocycles. The second kappa shape index (κ2) is 9.88. The van der Waals surface area contributed by atoms with Crippen molar-refractivity contribution < 1.29 is 14.3 Å². The van der Waals surface area contributed by atoms with Gasteiger partial charge in [0.05, 0.1) is 18.5 Å². The van der Waals surface area contributed by atoms with Gasteiger partial charge < -0.3 is 10.1 Å². The molecule has 1 N–H and O–H groups in total. The number of rotatable bonds is 6. The number of nitrogens with one attached hydrogen (secondary N) is 1. The van der Waals surface area contributed by atoms with Gasteiger partial charge in [0, 0.05) is 27.9 Å². The Kier molecular flexibility index (Phi) is 6.75. The minimum Gasteiger partial charge on any atom is -0.497 e. The summed E-state index contributed by atoms with van der Waals surface area (Å²) in [5.41, 5.74) is 3.47. The number of benzene rings is 3. The monoisotopic (exact) mass is 461 g/mol. The average Bonchev–Trinajstić information content (AvgIpc) is 2.96. The molecular formula is C26H24ClN3O3. The molecule has 3 aromatic rings. The van der Waals surface area contributed by atoms with Crippen LogP contribution in [0.1, 0.15) is 24.5 Å². The number of hydrogen-bond donors (Lipinski definition) is 1. The summed E-state index contributed by atoms with van der Waals surface area (Å²) in [6.45, 7) is 1.81. The van der Waals surface area contributed by atoms with Gasteiger partial charge >= 0.3 is 0 Å². The Morgan fingerprint density at radius 1 is 1.12 bits per heavy atom. The van der Waals surface area contributed by atoms with Crippen LogP contribution in [0.4, 0.5) is 11.4 Å². The molecule has 33 heavy (non-hydrogen) atoms. The zero-order chi connectivity index (χ0) is 23.4. The van der Waals surface area contributed by atoms with Crippen LogP contribution in [-0.4, -0.2) is 37.2 Å². The maximum atomic E-state index is 13.3. The molecule has 7 heteroatoms. The number of aliphatic imine (C=N–C) groups is 1. The van der Waals surface area contributed by atoms with Crippen LogP contribution in [-0.2, 0) is 9.59 Å². The molecule has 0 aliphatic carbocycles. The number of benzodiazepines with no additional fused rings is 1. The third-order valence-electron chi connectivity index (χ3n) is 5.50. The number of nitrogens with zero attached hydrogens (tertiary/aromatic N) is 2. The van der Waals surface area contributed by atoms with Crippen LogP contribution < -0.4 is 15.0 Å². The predicted molar refractivity (Wildman–Crippen MR) is 132 cm³/mol. The first kappa shape index (κ1) is 22.6. The number of anilines is 2. The quantitative estimate of drug-likeness (QED) is 0.564. The smallest absolute Gasteiger partial charge is 0.249 e. The van der Waals surface area contributed by atoms with E-state index in [4.69, 9.17) is 16.3 Å². The van der Waals surface area contributed by atoms with Gasteiger partial charge in [-0.3, -0.25) is 19.5 Å². The number of methoxy groups -OCH3 is 1. The van der Waals surface area contributed by atoms with E-state index in [2.05, 4.69) is 10.3 Å². The lowest BCUT2D eigenvalue weighted by atomic mass is 9.99. The fraction of sp³-hybridized carbons (Fsp3) is 0.192. The van der Waals surface area contributed by atoms with Gasteiger partial charge in [-0.25, -0.2) is 0 Å². The molecule has 0 spiro atoms. The first-order valence-electron chi connectivity index (χ1n) is 10.7. The molecule has 0 unspecified atom stereocenters. The third kappa shape index (κ3) is 4.76. The van der Waals surface area contributed by atoms with Crippen LogP contribution in [0.5, 0.6) is 5.75 Å². The summed E-state index contributed by atoms with van der Waals surface area (Å²) in [6.07, 6.45) is 0.421. The number of amides is 2. The second-order valence-corrected chi connectivity index (χ2v) is 8.04. The van der Waals surface area contributed by atoms with Crippen LogP contribution in [0, 0.1) is 0 Å². The summed E-state index contributed by atoms with van der Waals surface area (Å²) in [6, 6.07) is 21.3. The lowest BCUT2D eigenvalue weighted by Gasteiger charge is -2.30. The molecule has 4 rings (SSSR count). The van der Waals surface area contributed by atoms with Crippen LogP contribution in [0.2, 0.25) is 5.02 Å². The van der Waals surface area contributed by atoms with E-state index in [1.165, 1.54) is 0 Å². The van der Waals surface area contributed by atoms with Gasteiger partial charge in [0.1, 0.15) is 18.3 Å². The Morgan fingerprint density at radius 3 is 2.64 bits per heavy atom. The lowest BCUT2D eigenvalue weighted by molar-refractivity contribution is -0.123. The minimum absolute atomic E-state index is 0.0700. The van der Waals surface area contributed by atoms with E-state index in [1.54, 1.807) is 54.5 Å². The van der Waals surface area contributed by atoms with Crippen LogP contribution in [0.25, 0.3) is 0 Å². The minimum atomic E-state index is -0.728. The third-order valence-corrected chi connectivity index (χ3v) is 5.74. The molecule has 1 aliphatic heterocycles. The fourth-order valence-corrected chi connectivity index (χ4v) is 4.12. The number of fused-ring (bicyclic) bond motifs is 1. The maximum absolute atomic E-state index is 13.3. The molecule has 0 aromatic heterocycles. The van der Waals surface area contributed by atoms with Gasteiger partial charge in [-0.1, -0.05) is 54.9 Å². The highest BCUT2D eigenvalue weighted by molar-refractivity contribution is 6.32. The van der Waals surface area contributed by atoms with E-state index >= 15 is 0 Å². The highest BCUT2D eigenvalue weighted by Gasteiger charge is 2.34. The summed E-state index contributed by atoms with van der Waals surface area (Å²) in [4.78, 5) is 32.8. The van der Waals surface area contributed by atoms with E-state index < -0.39 is 6.04 Å². The van der Waals surface area contributed by atoms with Crippen molar-refractivity contribution in [3.05, 3.63) is 88.9 Å². The Balaban J connectivity index is 1.73. The summed E-state index contributed by atoms with van der Waals surface area (Å²) in [5, 5.41) is 3.44. The molecule has 0 saturated heterocycles. The standard InChI is InChI=1S/C26H24ClN3O3/c1-3-22(26(32)29-19-10-7-11-20(15-19)33-2)30-23-13-12-18(27)14-21(23)25(28-16-24(30)31)17-8-5-4-6-9-17/h4-15,22H,3,16H2,1-2H3,(H,29,32)/t22-/m0/s1. The Bertz CT molecular complexity index is 1210. The lowest BCUT2D eigenvalue weighted by Crippen LogP contribution is -2.48. The molecule has 1 heterocycles. The van der Waals surface area contributed by atoms with Crippen molar-refractivity contribution in [3.8, 4) is 5.75 Å². The van der Waals surface area contributed by atoms with Crippen molar-refractivity contribution in [1.29, 1.82) is 0 Å². The van der Waals surface area contributed by atoms with E-state index in [0.29, 0.717) is 39.8 Å². The van der Waals surface area contributed by atoms with E-state index in [0.717, 1.165) is 5.56 Å². The first-order valence-corrected chi connectivity index (χ1v) is 11.1. The summed E-state index contributed by atoms with van der Waals surface area (Å²) in [7, 11) is 1.57. The van der Waals surface area contributed by atoms with Crippen molar-refractivity contribution in [2.45, 2.75) is 19.4 Å². The molecule has 2 amide bonds. The van der Waals surface area contributed by atoms with Crippen molar-refractivity contribution in [2.75, 3.05) is 23.9 Å². The van der Waals surface area contributed by atoms with Gasteiger partial charge in [0.15, 0.2) is 0 Å². The molecule has 1 atom stereocenters. The van der Waals surface area contributed by atoms with Crippen LogP contribution in [0.15, 0.2) is 77.8 Å². The maximum Gasteiger partial charge on any atom is 0.249 e. The Morgan fingerprint density at radius 2 is 1.91 bits per heavy atom. The average molecular weight is 462 g/mol. The van der Waals surface area contributed by atoms with Gasteiger partial charge in [0.25, 0.3) is 0 Å². The molecule has 1 aliphatic rings. The van der Waals surface area contributed by atoms with Crippen molar-refractivity contribution in [2.24, 2.45) is 4.99 Å². The van der Waals surface area contributed by atoms with Crippen LogP contribution in [0.3, 0.4) is 0 Å². The number of ether oxygens (including phenoxy) is 1. The zero-order valence-electron chi connectivity index (χ0n) is 18.4. The molecule has 3 aromatic carbocycles. The number of carbonyl (C=O) groups excluding carboxylic acids is 2. The van der Waals surface area contributed by atoms with Gasteiger partial charge in [-0.15, -0.1) is 0 Å². The Hall–Kier alpha value is -3.64. The van der Waals surface area contributed by atoms with Gasteiger partial charge in [-0.2, -0.15) is 0 Å². The highest BCUT2D eigenvalue weighted by atomic mass is 35.5. The van der Waals surface area contributed by atoms with Crippen molar-refractivity contribution >= 4 is 40.5 Å². The van der Waals surface area contributed by atoms with E-state index in [9.17, 15) is 9.59 Å². The largest absolute Gasteiger partial charge is 0.497 e. The normalized spacial score (nSPS) is 14.1. The molecule has 168 valence electrons. The van der Waals surface area contributed by atoms with Gasteiger partial charge in [-0.05, 0) is 36.8 Å². The van der Waals surface area contributed by atoms with Crippen molar-refractivity contribution in [1.82, 2.24) is 0 Å². The van der Waals surface area contributed by atoms with E-state index in [1.807, 2.05) is 37.3 Å². The van der Waals surface area contributed by atoms with Crippen molar-refractivity contribution in [3.63, 3.8) is 0 Å². The Labute approximate surface area is 197 Å². The molecule has 0 bridgehead atoms. The van der Waals surface area contributed by atoms with E-state index in [-0.39, 0.29) is 18.4 Å². The van der Waals surface area contributed by atoms with Crippen LogP contribution >= 0.6 is 11.6 Å². The topological polar surface area (TPSA) is 71.0 Å². The molecule has 0 radical (unpaired) electrons. The summed E-state index contributed by atoms with van der Waals surface area (Å²) < 4.78 is 5.24. The fourth-order valence-electron chi connectivity index (χ4n) is 3.95. The SMILES string of the molecule is CC[C@@H](C(=O)Nc1cccc(OC)c1)N1C(=O)CN=C(c2ccccc2)c2cc(Cl)ccc21. The number of carbonyl (C=O) groups is 2. The number of hydrogen-bond acceptors (Lipinski definition) is 4. The first-order chi connectivity index (χ1) is 16.0. The molecular weight excluding hydrogens is 438 g/mol.